The van der Waals surface area contributed by atoms with Gasteiger partial charge in [0.1, 0.15) is 6.04 Å². The quantitative estimate of drug-likeness (QED) is 0.452. The highest BCUT2D eigenvalue weighted by Gasteiger charge is 2.17. The van der Waals surface area contributed by atoms with Crippen molar-refractivity contribution in [1.29, 1.82) is 0 Å². The summed E-state index contributed by atoms with van der Waals surface area (Å²) >= 11 is 0. The molecule has 0 amide bonds. The molecule has 0 radical (unpaired) electrons. The number of hydrogen-bond donors (Lipinski definition) is 0. The molecule has 0 N–H and O–H groups in total. The Morgan fingerprint density at radius 3 is 2.70 bits per heavy atom. The van der Waals surface area contributed by atoms with Crippen LogP contribution in [0.4, 0.5) is 0 Å². The van der Waals surface area contributed by atoms with E-state index in [1.165, 1.54) is 5.84 Å². The predicted octanol–water partition coefficient (Wildman–Crippen LogP) is 0.895. The van der Waals surface area contributed by atoms with Gasteiger partial charge in [-0.15, -0.1) is 0 Å². The molecular formula is C8H15N2+. The smallest absolute Gasteiger partial charge is 0.248 e. The summed E-state index contributed by atoms with van der Waals surface area (Å²) in [6, 6.07) is 0.538. The number of amidine groups is 1. The molecule has 0 aromatic heterocycles. The normalized spacial score (nSPS) is 26.0. The number of likely N-dealkylation sites (N-methyl/N-ethyl adjacent to an activating group) is 1. The van der Waals surface area contributed by atoms with E-state index in [2.05, 4.69) is 49.7 Å². The average Bonchev–Trinajstić information content (AvgIpc) is 1.93. The van der Waals surface area contributed by atoms with E-state index in [0.717, 1.165) is 0 Å². The molecule has 0 aromatic carbocycles. The average molecular weight is 139 g/mol. The summed E-state index contributed by atoms with van der Waals surface area (Å²) in [6.07, 6.45) is 4.30. The fourth-order valence-corrected chi connectivity index (χ4v) is 1.03. The minimum Gasteiger partial charge on any atom is -0.262 e. The minimum atomic E-state index is 0.538. The lowest BCUT2D eigenvalue weighted by Gasteiger charge is -2.18. The molecule has 2 nitrogen and oxygen atoms in total. The molecule has 0 fully saturated rings. The van der Waals surface area contributed by atoms with Crippen molar-refractivity contribution in [3.05, 3.63) is 12.3 Å². The van der Waals surface area contributed by atoms with Gasteiger partial charge in [-0.2, -0.15) is 0 Å². The van der Waals surface area contributed by atoms with Crippen molar-refractivity contribution in [2.45, 2.75) is 19.9 Å². The van der Waals surface area contributed by atoms with Crippen LogP contribution in [0.2, 0.25) is 0 Å². The van der Waals surface area contributed by atoms with Gasteiger partial charge in [0, 0.05) is 6.92 Å². The largest absolute Gasteiger partial charge is 0.262 e. The summed E-state index contributed by atoms with van der Waals surface area (Å²) in [7, 11) is 4.17. The zero-order valence-corrected chi connectivity index (χ0v) is 7.13. The first-order chi connectivity index (χ1) is 4.63. The summed E-state index contributed by atoms with van der Waals surface area (Å²) in [5, 5.41) is 0. The van der Waals surface area contributed by atoms with Crippen molar-refractivity contribution in [2.75, 3.05) is 14.1 Å². The topological polar surface area (TPSA) is 6.25 Å². The summed E-state index contributed by atoms with van der Waals surface area (Å²) in [5.74, 6) is 1.30. The Labute approximate surface area is 62.5 Å². The fraction of sp³-hybridized carbons (Fsp3) is 0.625. The Morgan fingerprint density at radius 2 is 2.20 bits per heavy atom. The van der Waals surface area contributed by atoms with E-state index in [9.17, 15) is 0 Å². The van der Waals surface area contributed by atoms with Crippen molar-refractivity contribution in [1.82, 2.24) is 4.90 Å². The van der Waals surface area contributed by atoms with Crippen LogP contribution in [0.25, 0.3) is 0 Å². The van der Waals surface area contributed by atoms with E-state index >= 15 is 0 Å². The summed E-state index contributed by atoms with van der Waals surface area (Å²) in [6.45, 7) is 4.31. The van der Waals surface area contributed by atoms with Gasteiger partial charge in [0.25, 0.3) is 0 Å². The monoisotopic (exact) mass is 139 g/mol. The summed E-state index contributed by atoms with van der Waals surface area (Å²) in [4.78, 5) is 2.12. The van der Waals surface area contributed by atoms with E-state index in [0.29, 0.717) is 6.04 Å². The highest BCUT2D eigenvalue weighted by atomic mass is 15.2. The summed E-state index contributed by atoms with van der Waals surface area (Å²) in [5.41, 5.74) is 0. The molecule has 0 spiro atoms. The van der Waals surface area contributed by atoms with Gasteiger partial charge in [-0.1, -0.05) is 0 Å². The van der Waals surface area contributed by atoms with Gasteiger partial charge < -0.3 is 0 Å². The van der Waals surface area contributed by atoms with Crippen LogP contribution in [0, 0.1) is 0 Å². The van der Waals surface area contributed by atoms with Crippen molar-refractivity contribution in [2.24, 2.45) is 0 Å². The third-order valence-corrected chi connectivity index (χ3v) is 2.22. The number of hydrogen-bond acceptors (Lipinski definition) is 1. The van der Waals surface area contributed by atoms with Crippen molar-refractivity contribution >= 4 is 5.84 Å². The molecule has 0 aliphatic carbocycles. The van der Waals surface area contributed by atoms with Crippen LogP contribution in [0.1, 0.15) is 13.8 Å². The van der Waals surface area contributed by atoms with E-state index in [-0.39, 0.29) is 0 Å². The predicted molar refractivity (Wildman–Crippen MR) is 43.2 cm³/mol. The molecule has 1 aliphatic rings. The van der Waals surface area contributed by atoms with Crippen LogP contribution >= 0.6 is 0 Å². The Kier molecular flexibility index (Phi) is 1.79. The molecule has 0 saturated carbocycles. The van der Waals surface area contributed by atoms with Gasteiger partial charge in [0.05, 0.1) is 20.3 Å². The second kappa shape index (κ2) is 2.45. The van der Waals surface area contributed by atoms with E-state index < -0.39 is 0 Å². The molecule has 1 atom stereocenters. The van der Waals surface area contributed by atoms with E-state index in [1.807, 2.05) is 0 Å². The first-order valence-electron chi connectivity index (χ1n) is 3.60. The first-order valence-corrected chi connectivity index (χ1v) is 3.60. The standard InChI is InChI=1S/C8H15N2/c1-7-5-6-9(3)8(2)10(7)4/h5-7H,1-4H3/q+1. The lowest BCUT2D eigenvalue weighted by molar-refractivity contribution is -0.528. The molecule has 0 saturated heterocycles. The van der Waals surface area contributed by atoms with Gasteiger partial charge in [-0.05, 0) is 13.0 Å². The molecular weight excluding hydrogens is 124 g/mol. The Bertz CT molecular complexity index is 171. The lowest BCUT2D eigenvalue weighted by Crippen LogP contribution is -2.35. The van der Waals surface area contributed by atoms with Gasteiger partial charge >= 0.3 is 0 Å². The Morgan fingerprint density at radius 1 is 1.60 bits per heavy atom. The highest BCUT2D eigenvalue weighted by Crippen LogP contribution is 2.01. The zero-order chi connectivity index (χ0) is 7.72. The van der Waals surface area contributed by atoms with Gasteiger partial charge in [-0.3, -0.25) is 4.58 Å². The molecule has 1 rings (SSSR count). The van der Waals surface area contributed by atoms with Gasteiger partial charge in [0.15, 0.2) is 0 Å². The van der Waals surface area contributed by atoms with Crippen molar-refractivity contribution in [3.8, 4) is 0 Å². The number of rotatable bonds is 0. The molecule has 2 heteroatoms. The van der Waals surface area contributed by atoms with Gasteiger partial charge in [-0.25, -0.2) is 4.90 Å². The van der Waals surface area contributed by atoms with Crippen LogP contribution in [-0.4, -0.2) is 35.4 Å². The third-order valence-electron chi connectivity index (χ3n) is 2.22. The number of nitrogens with zero attached hydrogens (tertiary/aromatic N) is 2. The van der Waals surface area contributed by atoms with E-state index in [1.54, 1.807) is 0 Å². The first kappa shape index (κ1) is 7.32. The van der Waals surface area contributed by atoms with Crippen molar-refractivity contribution in [3.63, 3.8) is 0 Å². The fourth-order valence-electron chi connectivity index (χ4n) is 1.03. The summed E-state index contributed by atoms with van der Waals surface area (Å²) < 4.78 is 2.25. The van der Waals surface area contributed by atoms with Crippen LogP contribution in [0.5, 0.6) is 0 Å². The molecule has 1 heterocycles. The minimum absolute atomic E-state index is 0.538. The second-order valence-electron chi connectivity index (χ2n) is 2.85. The molecule has 10 heavy (non-hydrogen) atoms. The molecule has 0 aromatic rings. The molecule has 1 unspecified atom stereocenters. The molecule has 56 valence electrons. The van der Waals surface area contributed by atoms with Gasteiger partial charge in [0.2, 0.25) is 5.84 Å². The SMILES string of the molecule is CC1=[N+](C)C(C)C=CN1C. The maximum absolute atomic E-state index is 2.25. The van der Waals surface area contributed by atoms with E-state index in [4.69, 9.17) is 0 Å². The molecule has 0 bridgehead atoms. The highest BCUT2D eigenvalue weighted by molar-refractivity contribution is 5.76. The lowest BCUT2D eigenvalue weighted by atomic mass is 10.3. The van der Waals surface area contributed by atoms with Crippen LogP contribution < -0.4 is 0 Å². The van der Waals surface area contributed by atoms with Crippen molar-refractivity contribution < 1.29 is 4.58 Å². The van der Waals surface area contributed by atoms with Crippen LogP contribution in [0.3, 0.4) is 0 Å². The molecule has 1 aliphatic heterocycles. The maximum atomic E-state index is 2.25. The Balaban J connectivity index is 2.88. The van der Waals surface area contributed by atoms with Crippen LogP contribution in [0.15, 0.2) is 12.3 Å². The maximum Gasteiger partial charge on any atom is 0.248 e. The zero-order valence-electron chi connectivity index (χ0n) is 7.13. The second-order valence-corrected chi connectivity index (χ2v) is 2.85. The third kappa shape index (κ3) is 1.06. The van der Waals surface area contributed by atoms with Crippen LogP contribution in [-0.2, 0) is 0 Å². The Hall–Kier alpha value is -0.790.